The Balaban J connectivity index is 1.59. The fourth-order valence-corrected chi connectivity index (χ4v) is 4.64. The second kappa shape index (κ2) is 9.61. The van der Waals surface area contributed by atoms with Gasteiger partial charge in [0.2, 0.25) is 0 Å². The summed E-state index contributed by atoms with van der Waals surface area (Å²) < 4.78 is 5.84. The molecule has 0 bridgehead atoms. The third-order valence-electron chi connectivity index (χ3n) is 6.06. The van der Waals surface area contributed by atoms with E-state index in [1.54, 1.807) is 24.3 Å². The van der Waals surface area contributed by atoms with Crippen molar-refractivity contribution in [3.63, 3.8) is 0 Å². The normalized spacial score (nSPS) is 17.7. The Bertz CT molecular complexity index is 1210. The second-order valence-electron chi connectivity index (χ2n) is 9.58. The van der Waals surface area contributed by atoms with Gasteiger partial charge in [-0.1, -0.05) is 51.1 Å². The van der Waals surface area contributed by atoms with Crippen LogP contribution in [0.4, 0.5) is 10.6 Å². The highest BCUT2D eigenvalue weighted by Gasteiger charge is 2.44. The van der Waals surface area contributed by atoms with E-state index < -0.39 is 12.0 Å². The molecule has 9 heteroatoms. The zero-order chi connectivity index (χ0) is 25.2. The van der Waals surface area contributed by atoms with Gasteiger partial charge < -0.3 is 25.8 Å². The van der Waals surface area contributed by atoms with Crippen molar-refractivity contribution in [2.45, 2.75) is 39.3 Å². The molecule has 1 unspecified atom stereocenters. The Morgan fingerprint density at radius 3 is 2.34 bits per heavy atom. The van der Waals surface area contributed by atoms with Crippen LogP contribution in [0.1, 0.15) is 37.7 Å². The topological polar surface area (TPSA) is 131 Å². The quantitative estimate of drug-likeness (QED) is 0.498. The summed E-state index contributed by atoms with van der Waals surface area (Å²) in [6.07, 6.45) is 0.771. The van der Waals surface area contributed by atoms with Crippen LogP contribution in [0.2, 0.25) is 0 Å². The van der Waals surface area contributed by atoms with Gasteiger partial charge in [-0.25, -0.2) is 14.8 Å². The molecule has 2 amide bonds. The van der Waals surface area contributed by atoms with Gasteiger partial charge in [-0.05, 0) is 41.7 Å². The van der Waals surface area contributed by atoms with Crippen molar-refractivity contribution in [2.75, 3.05) is 12.3 Å². The maximum Gasteiger partial charge on any atom is 0.407 e. The molecule has 1 aliphatic rings. The van der Waals surface area contributed by atoms with Crippen LogP contribution in [-0.2, 0) is 0 Å². The molecule has 35 heavy (non-hydrogen) atoms. The highest BCUT2D eigenvalue weighted by molar-refractivity contribution is 6.01. The Morgan fingerprint density at radius 1 is 1.06 bits per heavy atom. The molecule has 0 aliphatic carbocycles. The Kier molecular flexibility index (Phi) is 6.59. The molecule has 1 saturated heterocycles. The number of nitrogens with zero attached hydrogens (tertiary/aromatic N) is 3. The molecule has 1 fully saturated rings. The predicted octanol–water partition coefficient (Wildman–Crippen LogP) is 4.41. The van der Waals surface area contributed by atoms with Gasteiger partial charge in [0, 0.05) is 6.54 Å². The zero-order valence-corrected chi connectivity index (χ0v) is 19.9. The molecule has 1 aromatic heterocycles. The lowest BCUT2D eigenvalue weighted by Gasteiger charge is -2.37. The molecule has 0 spiro atoms. The molecule has 1 aliphatic heterocycles. The van der Waals surface area contributed by atoms with Crippen LogP contribution in [0, 0.1) is 5.41 Å². The Labute approximate surface area is 204 Å². The highest BCUT2D eigenvalue weighted by Crippen LogP contribution is 2.34. The van der Waals surface area contributed by atoms with E-state index in [1.807, 2.05) is 51.1 Å². The first kappa shape index (κ1) is 24.0. The van der Waals surface area contributed by atoms with E-state index in [1.165, 1.54) is 11.2 Å². The molecular weight excluding hydrogens is 446 g/mol. The van der Waals surface area contributed by atoms with Gasteiger partial charge >= 0.3 is 6.09 Å². The van der Waals surface area contributed by atoms with E-state index in [2.05, 4.69) is 15.3 Å². The smallest absolute Gasteiger partial charge is 0.407 e. The maximum absolute atomic E-state index is 13.4. The monoisotopic (exact) mass is 475 g/mol. The summed E-state index contributed by atoms with van der Waals surface area (Å²) in [7, 11) is 0. The number of benzene rings is 2. The largest absolute Gasteiger partial charge is 0.465 e. The van der Waals surface area contributed by atoms with Gasteiger partial charge in [-0.3, -0.25) is 4.79 Å². The van der Waals surface area contributed by atoms with Gasteiger partial charge in [0.1, 0.15) is 29.3 Å². The van der Waals surface area contributed by atoms with Crippen LogP contribution in [0.15, 0.2) is 60.9 Å². The average molecular weight is 476 g/mol. The summed E-state index contributed by atoms with van der Waals surface area (Å²) in [6.45, 7) is 6.24. The number of nitrogen functional groups attached to an aromatic ring is 1. The average Bonchev–Trinajstić information content (AvgIpc) is 3.25. The van der Waals surface area contributed by atoms with Crippen LogP contribution in [0.5, 0.6) is 11.5 Å². The molecule has 182 valence electrons. The molecular formula is C26H29N5O4. The molecule has 2 atom stereocenters. The number of carboxylic acid groups (broad SMARTS) is 1. The summed E-state index contributed by atoms with van der Waals surface area (Å²) in [6, 6.07) is 15.8. The van der Waals surface area contributed by atoms with Gasteiger partial charge in [0.25, 0.3) is 5.91 Å². The molecule has 4 N–H and O–H groups in total. The number of rotatable bonds is 5. The fourth-order valence-electron chi connectivity index (χ4n) is 4.64. The number of nitrogens with one attached hydrogen (secondary N) is 1. The third kappa shape index (κ3) is 5.18. The van der Waals surface area contributed by atoms with Crippen LogP contribution >= 0.6 is 0 Å². The van der Waals surface area contributed by atoms with Crippen molar-refractivity contribution in [2.24, 2.45) is 5.41 Å². The van der Waals surface area contributed by atoms with Gasteiger partial charge in [-0.15, -0.1) is 0 Å². The standard InChI is InChI=1S/C26H29N5O4/c1-26(2,3)22-19(13-14-31(22)25(33)34)30-24(32)21-20(23(27)29-15-28-21)16-9-11-18(12-10-16)35-17-7-5-4-6-8-17/h4-12,15,19,22H,13-14H2,1-3H3,(H,30,32)(H,33,34)(H2,27,28,29)/t19?,22-/m1/s1. The number of carbonyl (C=O) groups is 2. The van der Waals surface area contributed by atoms with Gasteiger partial charge in [0.05, 0.1) is 17.6 Å². The number of hydrogen-bond acceptors (Lipinski definition) is 6. The van der Waals surface area contributed by atoms with Gasteiger partial charge in [0.15, 0.2) is 0 Å². The van der Waals surface area contributed by atoms with Gasteiger partial charge in [-0.2, -0.15) is 0 Å². The maximum atomic E-state index is 13.4. The second-order valence-corrected chi connectivity index (χ2v) is 9.58. The number of hydrogen-bond donors (Lipinski definition) is 3. The molecule has 2 heterocycles. The van der Waals surface area contributed by atoms with Crippen molar-refractivity contribution in [1.82, 2.24) is 20.2 Å². The summed E-state index contributed by atoms with van der Waals surface area (Å²) in [5, 5.41) is 12.6. The minimum atomic E-state index is -0.994. The van der Waals surface area contributed by atoms with Crippen LogP contribution in [0.3, 0.4) is 0 Å². The number of likely N-dealkylation sites (tertiary alicyclic amines) is 1. The zero-order valence-electron chi connectivity index (χ0n) is 19.9. The fraction of sp³-hybridized carbons (Fsp3) is 0.308. The van der Waals surface area contributed by atoms with Crippen LogP contribution in [0.25, 0.3) is 11.1 Å². The summed E-state index contributed by atoms with van der Waals surface area (Å²) >= 11 is 0. The van der Waals surface area contributed by atoms with E-state index in [9.17, 15) is 14.7 Å². The molecule has 0 saturated carbocycles. The number of para-hydroxylation sites is 1. The number of nitrogens with two attached hydrogens (primary N) is 1. The van der Waals surface area contributed by atoms with Crippen molar-refractivity contribution in [3.05, 3.63) is 66.6 Å². The van der Waals surface area contributed by atoms with Crippen LogP contribution < -0.4 is 15.8 Å². The lowest BCUT2D eigenvalue weighted by Crippen LogP contribution is -2.53. The lowest BCUT2D eigenvalue weighted by atomic mass is 9.82. The van der Waals surface area contributed by atoms with E-state index in [0.29, 0.717) is 35.6 Å². The molecule has 9 nitrogen and oxygen atoms in total. The Hall–Kier alpha value is -4.14. The van der Waals surface area contributed by atoms with E-state index in [0.717, 1.165) is 0 Å². The Morgan fingerprint density at radius 2 is 1.71 bits per heavy atom. The SMILES string of the molecule is CC(C)(C)[C@H]1C(NC(=O)c2ncnc(N)c2-c2ccc(Oc3ccccc3)cc2)CCN1C(=O)O. The number of carbonyl (C=O) groups excluding carboxylic acids is 1. The lowest BCUT2D eigenvalue weighted by molar-refractivity contribution is 0.0823. The predicted molar refractivity (Wildman–Crippen MR) is 132 cm³/mol. The molecule has 2 aromatic carbocycles. The van der Waals surface area contributed by atoms with Crippen molar-refractivity contribution < 1.29 is 19.4 Å². The van der Waals surface area contributed by atoms with E-state index in [4.69, 9.17) is 10.5 Å². The van der Waals surface area contributed by atoms with Crippen molar-refractivity contribution >= 4 is 17.8 Å². The number of ether oxygens (including phenoxy) is 1. The van der Waals surface area contributed by atoms with Crippen LogP contribution in [-0.4, -0.2) is 50.6 Å². The first-order valence-corrected chi connectivity index (χ1v) is 11.4. The molecule has 0 radical (unpaired) electrons. The number of aromatic nitrogens is 2. The summed E-state index contributed by atoms with van der Waals surface area (Å²) in [5.74, 6) is 1.09. The van der Waals surface area contributed by atoms with Crippen molar-refractivity contribution in [1.29, 1.82) is 0 Å². The highest BCUT2D eigenvalue weighted by atomic mass is 16.5. The minimum absolute atomic E-state index is 0.135. The molecule has 4 rings (SSSR count). The summed E-state index contributed by atoms with van der Waals surface area (Å²) in [5.41, 5.74) is 7.02. The number of anilines is 1. The van der Waals surface area contributed by atoms with E-state index in [-0.39, 0.29) is 29.0 Å². The first-order valence-electron chi connectivity index (χ1n) is 11.4. The van der Waals surface area contributed by atoms with Crippen molar-refractivity contribution in [3.8, 4) is 22.6 Å². The summed E-state index contributed by atoms with van der Waals surface area (Å²) in [4.78, 5) is 34.8. The van der Waals surface area contributed by atoms with E-state index >= 15 is 0 Å². The molecule has 3 aromatic rings. The number of amides is 2. The first-order chi connectivity index (χ1) is 16.6. The third-order valence-corrected chi connectivity index (χ3v) is 6.06. The minimum Gasteiger partial charge on any atom is -0.465 e.